The monoisotopic (exact) mass is 312 g/mol. The van der Waals surface area contributed by atoms with Crippen molar-refractivity contribution in [3.63, 3.8) is 0 Å². The van der Waals surface area contributed by atoms with Crippen LogP contribution in [0.5, 0.6) is 0 Å². The van der Waals surface area contributed by atoms with E-state index in [1.165, 1.54) is 5.56 Å². The maximum absolute atomic E-state index is 5.92. The summed E-state index contributed by atoms with van der Waals surface area (Å²) in [5.41, 5.74) is 4.55. The molecule has 90 valence electrons. The van der Waals surface area contributed by atoms with Crippen molar-refractivity contribution in [1.29, 1.82) is 0 Å². The van der Waals surface area contributed by atoms with Crippen molar-refractivity contribution in [3.8, 4) is 0 Å². The molecule has 0 atom stereocenters. The van der Waals surface area contributed by atoms with E-state index in [4.69, 9.17) is 11.6 Å². The minimum Gasteiger partial charge on any atom is -0.265 e. The van der Waals surface area contributed by atoms with Gasteiger partial charge in [0.25, 0.3) is 0 Å². The highest BCUT2D eigenvalue weighted by Crippen LogP contribution is 2.17. The third kappa shape index (κ3) is 2.72. The van der Waals surface area contributed by atoms with Gasteiger partial charge in [-0.3, -0.25) is 4.68 Å². The summed E-state index contributed by atoms with van der Waals surface area (Å²) in [4.78, 5) is 0. The number of aromatic nitrogens is 2. The molecule has 0 saturated carbocycles. The van der Waals surface area contributed by atoms with Crippen LogP contribution in [0.15, 0.2) is 28.7 Å². The molecule has 0 spiro atoms. The van der Waals surface area contributed by atoms with Crippen LogP contribution in [0.25, 0.3) is 0 Å². The molecule has 0 fully saturated rings. The third-order valence-electron chi connectivity index (χ3n) is 2.91. The van der Waals surface area contributed by atoms with E-state index in [0.717, 1.165) is 28.0 Å². The highest BCUT2D eigenvalue weighted by molar-refractivity contribution is 9.10. The van der Waals surface area contributed by atoms with Gasteiger partial charge in [-0.25, -0.2) is 0 Å². The molecule has 1 aromatic heterocycles. The topological polar surface area (TPSA) is 17.8 Å². The molecule has 2 aromatic rings. The molecule has 0 bridgehead atoms. The lowest BCUT2D eigenvalue weighted by molar-refractivity contribution is 0.658. The number of hydrogen-bond donors (Lipinski definition) is 0. The van der Waals surface area contributed by atoms with Crippen molar-refractivity contribution in [1.82, 2.24) is 9.78 Å². The van der Waals surface area contributed by atoms with Crippen molar-refractivity contribution in [2.24, 2.45) is 0 Å². The van der Waals surface area contributed by atoms with Crippen LogP contribution in [0.2, 0.25) is 0 Å². The lowest BCUT2D eigenvalue weighted by Crippen LogP contribution is -2.04. The minimum absolute atomic E-state index is 0.526. The maximum Gasteiger partial charge on any atom is 0.0662 e. The van der Waals surface area contributed by atoms with Gasteiger partial charge < -0.3 is 0 Å². The first-order valence-corrected chi connectivity index (χ1v) is 6.78. The number of benzene rings is 1. The standard InChI is InChI=1S/C13H14BrClN2/c1-9-13(7-15)10(2)17(16-9)8-11-3-5-12(14)6-4-11/h3-6H,7-8H2,1-2H3. The van der Waals surface area contributed by atoms with Crippen molar-refractivity contribution in [2.45, 2.75) is 26.3 Å². The molecular weight excluding hydrogens is 300 g/mol. The Morgan fingerprint density at radius 3 is 2.41 bits per heavy atom. The molecule has 0 N–H and O–H groups in total. The van der Waals surface area contributed by atoms with Crippen LogP contribution in [0, 0.1) is 13.8 Å². The first-order valence-electron chi connectivity index (χ1n) is 5.45. The summed E-state index contributed by atoms with van der Waals surface area (Å²) in [6.07, 6.45) is 0. The normalized spacial score (nSPS) is 10.8. The predicted molar refractivity (Wildman–Crippen MR) is 74.5 cm³/mol. The average Bonchev–Trinajstić information content (AvgIpc) is 2.57. The summed E-state index contributed by atoms with van der Waals surface area (Å²) >= 11 is 9.35. The van der Waals surface area contributed by atoms with Gasteiger partial charge >= 0.3 is 0 Å². The fourth-order valence-corrected chi connectivity index (χ4v) is 2.50. The minimum atomic E-state index is 0.526. The van der Waals surface area contributed by atoms with Crippen LogP contribution < -0.4 is 0 Å². The molecule has 2 rings (SSSR count). The fraction of sp³-hybridized carbons (Fsp3) is 0.308. The number of alkyl halides is 1. The van der Waals surface area contributed by atoms with Gasteiger partial charge in [-0.05, 0) is 31.5 Å². The first kappa shape index (κ1) is 12.7. The first-order chi connectivity index (χ1) is 8.11. The highest BCUT2D eigenvalue weighted by Gasteiger charge is 2.10. The summed E-state index contributed by atoms with van der Waals surface area (Å²) in [5, 5.41) is 4.52. The second kappa shape index (κ2) is 5.23. The molecular formula is C13H14BrClN2. The second-order valence-corrected chi connectivity index (χ2v) is 5.25. The van der Waals surface area contributed by atoms with Crippen LogP contribution in [0.4, 0.5) is 0 Å². The molecule has 1 aromatic carbocycles. The molecule has 17 heavy (non-hydrogen) atoms. The van der Waals surface area contributed by atoms with E-state index in [1.807, 2.05) is 23.7 Å². The van der Waals surface area contributed by atoms with Crippen LogP contribution >= 0.6 is 27.5 Å². The Hall–Kier alpha value is -0.800. The summed E-state index contributed by atoms with van der Waals surface area (Å²) < 4.78 is 3.10. The zero-order valence-electron chi connectivity index (χ0n) is 9.87. The molecule has 0 aliphatic heterocycles. The van der Waals surface area contributed by atoms with Gasteiger partial charge in [-0.15, -0.1) is 11.6 Å². The largest absolute Gasteiger partial charge is 0.265 e. The Bertz CT molecular complexity index is 517. The summed E-state index contributed by atoms with van der Waals surface area (Å²) in [7, 11) is 0. The van der Waals surface area contributed by atoms with Gasteiger partial charge in [0.2, 0.25) is 0 Å². The molecule has 0 aliphatic rings. The van der Waals surface area contributed by atoms with Gasteiger partial charge in [0.1, 0.15) is 0 Å². The molecule has 0 aliphatic carbocycles. The third-order valence-corrected chi connectivity index (χ3v) is 3.71. The van der Waals surface area contributed by atoms with Crippen molar-refractivity contribution < 1.29 is 0 Å². The Morgan fingerprint density at radius 1 is 1.24 bits per heavy atom. The van der Waals surface area contributed by atoms with E-state index in [1.54, 1.807) is 0 Å². The zero-order valence-corrected chi connectivity index (χ0v) is 12.2. The van der Waals surface area contributed by atoms with Crippen LogP contribution in [0.3, 0.4) is 0 Å². The van der Waals surface area contributed by atoms with Crippen LogP contribution in [-0.4, -0.2) is 9.78 Å². The lowest BCUT2D eigenvalue weighted by atomic mass is 10.2. The van der Waals surface area contributed by atoms with E-state index in [0.29, 0.717) is 5.88 Å². The van der Waals surface area contributed by atoms with Crippen molar-refractivity contribution in [3.05, 3.63) is 51.3 Å². The van der Waals surface area contributed by atoms with Gasteiger partial charge in [-0.1, -0.05) is 28.1 Å². The maximum atomic E-state index is 5.92. The van der Waals surface area contributed by atoms with Crippen molar-refractivity contribution in [2.75, 3.05) is 0 Å². The van der Waals surface area contributed by atoms with Gasteiger partial charge in [0, 0.05) is 15.7 Å². The molecule has 4 heteroatoms. The number of nitrogens with zero attached hydrogens (tertiary/aromatic N) is 2. The van der Waals surface area contributed by atoms with Crippen molar-refractivity contribution >= 4 is 27.5 Å². The Labute approximate surface area is 115 Å². The Balaban J connectivity index is 2.27. The lowest BCUT2D eigenvalue weighted by Gasteiger charge is -2.05. The van der Waals surface area contributed by atoms with Crippen LogP contribution in [0.1, 0.15) is 22.5 Å². The van der Waals surface area contributed by atoms with Gasteiger partial charge in [-0.2, -0.15) is 5.10 Å². The van der Waals surface area contributed by atoms with E-state index in [-0.39, 0.29) is 0 Å². The van der Waals surface area contributed by atoms with Gasteiger partial charge in [0.15, 0.2) is 0 Å². The zero-order chi connectivity index (χ0) is 12.4. The molecule has 0 unspecified atom stereocenters. The number of aryl methyl sites for hydroxylation is 1. The Kier molecular flexibility index (Phi) is 3.89. The molecule has 0 saturated heterocycles. The number of hydrogen-bond acceptors (Lipinski definition) is 1. The molecule has 0 amide bonds. The predicted octanol–water partition coefficient (Wildman–Crippen LogP) is 4.05. The number of rotatable bonds is 3. The quantitative estimate of drug-likeness (QED) is 0.782. The number of halogens is 2. The average molecular weight is 314 g/mol. The van der Waals surface area contributed by atoms with Gasteiger partial charge in [0.05, 0.1) is 18.1 Å². The van der Waals surface area contributed by atoms with E-state index in [2.05, 4.69) is 40.1 Å². The van der Waals surface area contributed by atoms with E-state index >= 15 is 0 Å². The molecule has 0 radical (unpaired) electrons. The highest BCUT2D eigenvalue weighted by atomic mass is 79.9. The smallest absolute Gasteiger partial charge is 0.0662 e. The van der Waals surface area contributed by atoms with E-state index < -0.39 is 0 Å². The Morgan fingerprint density at radius 2 is 1.88 bits per heavy atom. The summed E-state index contributed by atoms with van der Waals surface area (Å²) in [6, 6.07) is 8.29. The fourth-order valence-electron chi connectivity index (χ4n) is 1.84. The molecule has 1 heterocycles. The summed E-state index contributed by atoms with van der Waals surface area (Å²) in [6.45, 7) is 4.86. The van der Waals surface area contributed by atoms with E-state index in [9.17, 15) is 0 Å². The summed E-state index contributed by atoms with van der Waals surface area (Å²) in [5.74, 6) is 0.526. The SMILES string of the molecule is Cc1nn(Cc2ccc(Br)cc2)c(C)c1CCl. The second-order valence-electron chi connectivity index (χ2n) is 4.07. The molecule has 2 nitrogen and oxygen atoms in total. The van der Waals surface area contributed by atoms with Crippen LogP contribution in [-0.2, 0) is 12.4 Å².